The highest BCUT2D eigenvalue weighted by molar-refractivity contribution is 6.08. The lowest BCUT2D eigenvalue weighted by atomic mass is 10.1. The van der Waals surface area contributed by atoms with Crippen LogP contribution in [0, 0.1) is 0 Å². The third-order valence-corrected chi connectivity index (χ3v) is 4.75. The van der Waals surface area contributed by atoms with Gasteiger partial charge in [0.1, 0.15) is 11.1 Å². The maximum Gasteiger partial charge on any atom is 0.344 e. The molecule has 2 aromatic heterocycles. The summed E-state index contributed by atoms with van der Waals surface area (Å²) in [7, 11) is 2.04. The Morgan fingerprint density at radius 1 is 1.24 bits per heavy atom. The van der Waals surface area contributed by atoms with Crippen LogP contribution < -0.4 is 9.88 Å². The van der Waals surface area contributed by atoms with Gasteiger partial charge in [-0.25, -0.2) is 9.78 Å². The number of hydrogen-bond acceptors (Lipinski definition) is 4. The van der Waals surface area contributed by atoms with E-state index in [0.717, 1.165) is 40.8 Å². The van der Waals surface area contributed by atoms with Gasteiger partial charge in [-0.15, -0.1) is 0 Å². The first-order chi connectivity index (χ1) is 12.2. The first-order valence-corrected chi connectivity index (χ1v) is 8.64. The lowest BCUT2D eigenvalue weighted by molar-refractivity contribution is -0.335. The second kappa shape index (κ2) is 6.37. The number of aromatic nitrogens is 2. The van der Waals surface area contributed by atoms with E-state index in [1.807, 2.05) is 32.2 Å². The molecule has 3 heterocycles. The van der Waals surface area contributed by atoms with Crippen LogP contribution in [0.3, 0.4) is 0 Å². The molecule has 1 N–H and O–H groups in total. The molecule has 1 saturated heterocycles. The van der Waals surface area contributed by atoms with Gasteiger partial charge in [-0.05, 0) is 19.1 Å². The van der Waals surface area contributed by atoms with Crippen LogP contribution in [0.4, 0.5) is 5.82 Å². The molecule has 1 aliphatic heterocycles. The van der Waals surface area contributed by atoms with Gasteiger partial charge in [-0.3, -0.25) is 9.47 Å². The minimum absolute atomic E-state index is 0.296. The topological polar surface area (TPSA) is 57.8 Å². The summed E-state index contributed by atoms with van der Waals surface area (Å²) in [4.78, 5) is 18.2. The van der Waals surface area contributed by atoms with Crippen LogP contribution in [0.15, 0.2) is 30.3 Å². The highest BCUT2D eigenvalue weighted by Gasteiger charge is 2.28. The Balaban J connectivity index is 1.97. The Labute approximate surface area is 145 Å². The number of aromatic amines is 1. The molecule has 6 heteroatoms. The van der Waals surface area contributed by atoms with E-state index in [9.17, 15) is 4.79 Å². The fourth-order valence-corrected chi connectivity index (χ4v) is 3.51. The summed E-state index contributed by atoms with van der Waals surface area (Å²) in [6.45, 7) is 4.99. The monoisotopic (exact) mass is 340 g/mol. The highest BCUT2D eigenvalue weighted by Crippen LogP contribution is 2.29. The van der Waals surface area contributed by atoms with E-state index in [0.29, 0.717) is 25.4 Å². The van der Waals surface area contributed by atoms with Crippen molar-refractivity contribution < 1.29 is 19.3 Å². The molecule has 1 aromatic carbocycles. The first-order valence-electron chi connectivity index (χ1n) is 8.64. The number of pyridine rings is 1. The number of benzene rings is 1. The Morgan fingerprint density at radius 3 is 2.76 bits per heavy atom. The Kier molecular flexibility index (Phi) is 4.05. The summed E-state index contributed by atoms with van der Waals surface area (Å²) in [6.07, 6.45) is 0. The number of aryl methyl sites for hydroxylation is 1. The normalized spacial score (nSPS) is 15.0. The third-order valence-electron chi connectivity index (χ3n) is 4.75. The molecule has 6 nitrogen and oxygen atoms in total. The highest BCUT2D eigenvalue weighted by atomic mass is 16.5. The van der Waals surface area contributed by atoms with Gasteiger partial charge < -0.3 is 9.47 Å². The second-order valence-electron chi connectivity index (χ2n) is 6.19. The molecule has 0 radical (unpaired) electrons. The number of rotatable bonds is 3. The number of ether oxygens (including phenoxy) is 2. The fraction of sp³-hybridized carbons (Fsp3) is 0.368. The van der Waals surface area contributed by atoms with E-state index in [-0.39, 0.29) is 5.97 Å². The maximum absolute atomic E-state index is 12.6. The van der Waals surface area contributed by atoms with Crippen LogP contribution in [0.2, 0.25) is 0 Å². The summed E-state index contributed by atoms with van der Waals surface area (Å²) >= 11 is 0. The standard InChI is InChI=1S/C19H21N3O3/c1-3-25-19(23)15-12-14-13-6-4-5-7-16(13)21(2)17(14)20-18(15)22-8-10-24-11-9-22/h4-7,12H,3,8-11H2,1-2H3/p+1. The molecule has 130 valence electrons. The van der Waals surface area contributed by atoms with Crippen LogP contribution in [-0.2, 0) is 16.5 Å². The predicted octanol–water partition coefficient (Wildman–Crippen LogP) is 2.16. The van der Waals surface area contributed by atoms with Gasteiger partial charge in [-0.2, -0.15) is 0 Å². The van der Waals surface area contributed by atoms with Gasteiger partial charge >= 0.3 is 5.97 Å². The largest absolute Gasteiger partial charge is 0.462 e. The SMILES string of the molecule is CCOC(=O)c1cc2c3ccccc3n(C)c2[nH+]c1N1CCOCC1. The Bertz CT molecular complexity index is 942. The smallest absolute Gasteiger partial charge is 0.344 e. The molecule has 3 aromatic rings. The third kappa shape index (κ3) is 2.62. The molecule has 0 unspecified atom stereocenters. The molecule has 0 amide bonds. The van der Waals surface area contributed by atoms with E-state index in [2.05, 4.69) is 26.6 Å². The van der Waals surface area contributed by atoms with Gasteiger partial charge in [0, 0.05) is 5.39 Å². The van der Waals surface area contributed by atoms with E-state index in [4.69, 9.17) is 9.47 Å². The lowest BCUT2D eigenvalue weighted by Gasteiger charge is -2.24. The second-order valence-corrected chi connectivity index (χ2v) is 6.19. The van der Waals surface area contributed by atoms with Crippen LogP contribution >= 0.6 is 0 Å². The van der Waals surface area contributed by atoms with Crippen molar-refractivity contribution in [1.29, 1.82) is 0 Å². The number of para-hydroxylation sites is 1. The number of carbonyl (C=O) groups excluding carboxylic acids is 1. The number of H-pyrrole nitrogens is 1. The minimum atomic E-state index is -0.296. The number of hydrogen-bond donors (Lipinski definition) is 0. The number of nitrogens with one attached hydrogen (secondary N) is 1. The van der Waals surface area contributed by atoms with Crippen LogP contribution in [0.1, 0.15) is 17.3 Å². The molecular weight excluding hydrogens is 318 g/mol. The average Bonchev–Trinajstić information content (AvgIpc) is 2.94. The Morgan fingerprint density at radius 2 is 2.00 bits per heavy atom. The number of anilines is 1. The molecule has 0 saturated carbocycles. The van der Waals surface area contributed by atoms with Gasteiger partial charge in [0.25, 0.3) is 0 Å². The van der Waals surface area contributed by atoms with Crippen molar-refractivity contribution >= 4 is 33.7 Å². The molecule has 0 aliphatic carbocycles. The van der Waals surface area contributed by atoms with Gasteiger partial charge in [0.05, 0.1) is 45.3 Å². The van der Waals surface area contributed by atoms with E-state index >= 15 is 0 Å². The fourth-order valence-electron chi connectivity index (χ4n) is 3.51. The van der Waals surface area contributed by atoms with E-state index in [1.54, 1.807) is 0 Å². The number of nitrogens with zero attached hydrogens (tertiary/aromatic N) is 2. The zero-order valence-corrected chi connectivity index (χ0v) is 14.5. The number of fused-ring (bicyclic) bond motifs is 3. The van der Waals surface area contributed by atoms with Crippen LogP contribution in [0.25, 0.3) is 21.9 Å². The summed E-state index contributed by atoms with van der Waals surface area (Å²) in [5, 5.41) is 2.15. The molecule has 0 atom stereocenters. The van der Waals surface area contributed by atoms with Crippen molar-refractivity contribution in [2.45, 2.75) is 6.92 Å². The quantitative estimate of drug-likeness (QED) is 0.686. The molecule has 1 aliphatic rings. The van der Waals surface area contributed by atoms with Crippen LogP contribution in [0.5, 0.6) is 0 Å². The number of morpholine rings is 1. The number of esters is 1. The summed E-state index contributed by atoms with van der Waals surface area (Å²) in [5.41, 5.74) is 2.70. The van der Waals surface area contributed by atoms with Crippen molar-refractivity contribution in [2.24, 2.45) is 7.05 Å². The van der Waals surface area contributed by atoms with Crippen molar-refractivity contribution in [3.05, 3.63) is 35.9 Å². The molecule has 1 fully saturated rings. The number of carbonyl (C=O) groups is 1. The minimum Gasteiger partial charge on any atom is -0.462 e. The summed E-state index contributed by atoms with van der Waals surface area (Å²) in [6, 6.07) is 10.2. The van der Waals surface area contributed by atoms with Crippen molar-refractivity contribution in [3.63, 3.8) is 0 Å². The van der Waals surface area contributed by atoms with Gasteiger partial charge in [0.15, 0.2) is 0 Å². The lowest BCUT2D eigenvalue weighted by Crippen LogP contribution is -2.41. The van der Waals surface area contributed by atoms with Gasteiger partial charge in [-0.1, -0.05) is 18.2 Å². The van der Waals surface area contributed by atoms with Crippen molar-refractivity contribution in [2.75, 3.05) is 37.8 Å². The Hall–Kier alpha value is -2.60. The van der Waals surface area contributed by atoms with E-state index < -0.39 is 0 Å². The summed E-state index contributed by atoms with van der Waals surface area (Å²) < 4.78 is 12.9. The predicted molar refractivity (Wildman–Crippen MR) is 96.0 cm³/mol. The first kappa shape index (κ1) is 15.9. The summed E-state index contributed by atoms with van der Waals surface area (Å²) in [5.74, 6) is 0.509. The van der Waals surface area contributed by atoms with Crippen molar-refractivity contribution in [1.82, 2.24) is 4.57 Å². The molecule has 4 rings (SSSR count). The molecule has 0 bridgehead atoms. The van der Waals surface area contributed by atoms with Crippen LogP contribution in [-0.4, -0.2) is 43.4 Å². The zero-order valence-electron chi connectivity index (χ0n) is 14.5. The van der Waals surface area contributed by atoms with Crippen molar-refractivity contribution in [3.8, 4) is 0 Å². The molecule has 25 heavy (non-hydrogen) atoms. The average molecular weight is 340 g/mol. The van der Waals surface area contributed by atoms with Gasteiger partial charge in [0.2, 0.25) is 11.5 Å². The molecule has 0 spiro atoms. The van der Waals surface area contributed by atoms with E-state index in [1.165, 1.54) is 0 Å². The maximum atomic E-state index is 12.6. The zero-order chi connectivity index (χ0) is 17.4. The molecular formula is C19H22N3O3+.